The third kappa shape index (κ3) is 3.24. The Morgan fingerprint density at radius 1 is 1.20 bits per heavy atom. The lowest BCUT2D eigenvalue weighted by atomic mass is 10.2. The van der Waals surface area contributed by atoms with Gasteiger partial charge in [-0.25, -0.2) is 8.78 Å². The normalized spacial score (nSPS) is 10.5. The van der Waals surface area contributed by atoms with Crippen LogP contribution in [0, 0.1) is 21.7 Å². The van der Waals surface area contributed by atoms with Gasteiger partial charge in [0, 0.05) is 34.5 Å². The standard InChI is InChI=1S/C13H10F2N2O2S/c14-9-1-4-13(11(15)6-9)20-7-8-5-10(17(18)19)2-3-12(8)16/h1-6H,7,16H2. The minimum absolute atomic E-state index is 0.0746. The minimum atomic E-state index is -0.668. The number of non-ortho nitro benzene ring substituents is 1. The topological polar surface area (TPSA) is 69.2 Å². The van der Waals surface area contributed by atoms with Gasteiger partial charge in [0.15, 0.2) is 0 Å². The van der Waals surface area contributed by atoms with Crippen LogP contribution in [-0.2, 0) is 5.75 Å². The Labute approximate surface area is 117 Å². The van der Waals surface area contributed by atoms with Crippen LogP contribution in [0.3, 0.4) is 0 Å². The van der Waals surface area contributed by atoms with Crippen LogP contribution < -0.4 is 5.73 Å². The minimum Gasteiger partial charge on any atom is -0.398 e. The Hall–Kier alpha value is -2.15. The van der Waals surface area contributed by atoms with Crippen molar-refractivity contribution in [3.63, 3.8) is 0 Å². The summed E-state index contributed by atoms with van der Waals surface area (Å²) >= 11 is 1.10. The van der Waals surface area contributed by atoms with Crippen molar-refractivity contribution in [2.75, 3.05) is 5.73 Å². The van der Waals surface area contributed by atoms with Gasteiger partial charge >= 0.3 is 0 Å². The van der Waals surface area contributed by atoms with Crippen LogP contribution in [0.5, 0.6) is 0 Å². The van der Waals surface area contributed by atoms with Crippen LogP contribution in [0.25, 0.3) is 0 Å². The highest BCUT2D eigenvalue weighted by atomic mass is 32.2. The quantitative estimate of drug-likeness (QED) is 0.404. The summed E-state index contributed by atoms with van der Waals surface area (Å²) < 4.78 is 26.2. The smallest absolute Gasteiger partial charge is 0.269 e. The predicted octanol–water partition coefficient (Wildman–Crippen LogP) is 3.75. The van der Waals surface area contributed by atoms with E-state index in [1.54, 1.807) is 0 Å². The molecule has 0 spiro atoms. The van der Waals surface area contributed by atoms with E-state index in [9.17, 15) is 18.9 Å². The zero-order valence-corrected chi connectivity index (χ0v) is 11.0. The highest BCUT2D eigenvalue weighted by molar-refractivity contribution is 7.98. The molecule has 7 heteroatoms. The molecule has 0 fully saturated rings. The van der Waals surface area contributed by atoms with Crippen LogP contribution in [0.15, 0.2) is 41.3 Å². The van der Waals surface area contributed by atoms with E-state index in [-0.39, 0.29) is 16.3 Å². The number of anilines is 1. The number of nitro benzene ring substituents is 1. The molecule has 4 nitrogen and oxygen atoms in total. The van der Waals surface area contributed by atoms with Crippen molar-refractivity contribution >= 4 is 23.1 Å². The van der Waals surface area contributed by atoms with Gasteiger partial charge < -0.3 is 5.73 Å². The van der Waals surface area contributed by atoms with Gasteiger partial charge in [0.05, 0.1) is 4.92 Å². The molecule has 0 aliphatic heterocycles. The third-order valence-electron chi connectivity index (χ3n) is 2.61. The molecule has 0 saturated carbocycles. The monoisotopic (exact) mass is 296 g/mol. The van der Waals surface area contributed by atoms with Crippen LogP contribution in [0.2, 0.25) is 0 Å². The molecule has 2 aromatic rings. The van der Waals surface area contributed by atoms with Crippen LogP contribution in [-0.4, -0.2) is 4.92 Å². The molecule has 0 amide bonds. The number of hydrogen-bond donors (Lipinski definition) is 1. The van der Waals surface area contributed by atoms with Gasteiger partial charge in [0.2, 0.25) is 0 Å². The SMILES string of the molecule is Nc1ccc([N+](=O)[O-])cc1CSc1ccc(F)cc1F. The summed E-state index contributed by atoms with van der Waals surface area (Å²) in [5.74, 6) is -1.06. The zero-order chi connectivity index (χ0) is 14.7. The molecule has 0 bridgehead atoms. The fourth-order valence-corrected chi connectivity index (χ4v) is 2.50. The van der Waals surface area contributed by atoms with E-state index in [0.29, 0.717) is 11.3 Å². The number of nitrogens with two attached hydrogens (primary N) is 1. The molecule has 0 aromatic heterocycles. The summed E-state index contributed by atoms with van der Waals surface area (Å²) in [7, 11) is 0. The van der Waals surface area contributed by atoms with E-state index in [1.807, 2.05) is 0 Å². The van der Waals surface area contributed by atoms with Crippen molar-refractivity contribution in [3.8, 4) is 0 Å². The first-order valence-corrected chi connectivity index (χ1v) is 6.56. The van der Waals surface area contributed by atoms with Crippen LogP contribution in [0.4, 0.5) is 20.2 Å². The Balaban J connectivity index is 2.18. The second-order valence-electron chi connectivity index (χ2n) is 4.00. The van der Waals surface area contributed by atoms with Gasteiger partial charge in [-0.15, -0.1) is 11.8 Å². The first-order chi connectivity index (χ1) is 9.47. The molecule has 0 atom stereocenters. The average Bonchev–Trinajstić information content (AvgIpc) is 2.39. The van der Waals surface area contributed by atoms with Gasteiger partial charge in [0.25, 0.3) is 5.69 Å². The fourth-order valence-electron chi connectivity index (χ4n) is 1.58. The summed E-state index contributed by atoms with van der Waals surface area (Å²) in [5, 5.41) is 10.7. The number of nitro groups is 1. The maximum Gasteiger partial charge on any atom is 0.269 e. The summed E-state index contributed by atoms with van der Waals surface area (Å²) in [4.78, 5) is 10.4. The number of hydrogen-bond acceptors (Lipinski definition) is 4. The number of rotatable bonds is 4. The maximum absolute atomic E-state index is 13.5. The second-order valence-corrected chi connectivity index (χ2v) is 5.02. The molecule has 0 aliphatic rings. The van der Waals surface area contributed by atoms with E-state index in [4.69, 9.17) is 5.73 Å². The molecule has 0 saturated heterocycles. The number of benzene rings is 2. The molecule has 0 unspecified atom stereocenters. The lowest BCUT2D eigenvalue weighted by molar-refractivity contribution is -0.384. The largest absolute Gasteiger partial charge is 0.398 e. The molecular formula is C13H10F2N2O2S. The van der Waals surface area contributed by atoms with Crippen molar-refractivity contribution < 1.29 is 13.7 Å². The summed E-state index contributed by atoms with van der Waals surface area (Å²) in [6, 6.07) is 7.37. The van der Waals surface area contributed by atoms with Crippen molar-refractivity contribution in [3.05, 3.63) is 63.7 Å². The average molecular weight is 296 g/mol. The van der Waals surface area contributed by atoms with Crippen LogP contribution in [0.1, 0.15) is 5.56 Å². The van der Waals surface area contributed by atoms with E-state index >= 15 is 0 Å². The highest BCUT2D eigenvalue weighted by Gasteiger charge is 2.11. The summed E-state index contributed by atoms with van der Waals surface area (Å²) in [6.07, 6.45) is 0. The van der Waals surface area contributed by atoms with Crippen molar-refractivity contribution in [1.82, 2.24) is 0 Å². The van der Waals surface area contributed by atoms with Gasteiger partial charge in [-0.05, 0) is 23.8 Å². The van der Waals surface area contributed by atoms with Gasteiger partial charge in [-0.1, -0.05) is 0 Å². The van der Waals surface area contributed by atoms with Crippen molar-refractivity contribution in [2.24, 2.45) is 0 Å². The van der Waals surface area contributed by atoms with Gasteiger partial charge in [-0.2, -0.15) is 0 Å². The molecule has 0 radical (unpaired) electrons. The van der Waals surface area contributed by atoms with E-state index < -0.39 is 16.6 Å². The molecular weight excluding hydrogens is 286 g/mol. The molecule has 2 aromatic carbocycles. The molecule has 2 rings (SSSR count). The molecule has 104 valence electrons. The number of nitrogen functional groups attached to an aromatic ring is 1. The Bertz CT molecular complexity index is 665. The van der Waals surface area contributed by atoms with Crippen molar-refractivity contribution in [1.29, 1.82) is 0 Å². The maximum atomic E-state index is 13.5. The highest BCUT2D eigenvalue weighted by Crippen LogP contribution is 2.29. The fraction of sp³-hybridized carbons (Fsp3) is 0.0769. The van der Waals surface area contributed by atoms with Gasteiger partial charge in [0.1, 0.15) is 11.6 Å². The Kier molecular flexibility index (Phi) is 4.19. The Morgan fingerprint density at radius 2 is 1.95 bits per heavy atom. The Morgan fingerprint density at radius 3 is 2.60 bits per heavy atom. The van der Waals surface area contributed by atoms with Gasteiger partial charge in [-0.3, -0.25) is 10.1 Å². The van der Waals surface area contributed by atoms with E-state index in [0.717, 1.165) is 23.9 Å². The third-order valence-corrected chi connectivity index (χ3v) is 3.71. The van der Waals surface area contributed by atoms with E-state index in [1.165, 1.54) is 24.3 Å². The first-order valence-electron chi connectivity index (χ1n) is 5.58. The molecule has 0 heterocycles. The molecule has 0 aliphatic carbocycles. The summed E-state index contributed by atoms with van der Waals surface area (Å²) in [5.41, 5.74) is 6.58. The lowest BCUT2D eigenvalue weighted by Gasteiger charge is -2.06. The predicted molar refractivity (Wildman–Crippen MR) is 73.4 cm³/mol. The number of nitrogens with zero attached hydrogens (tertiary/aromatic N) is 1. The van der Waals surface area contributed by atoms with Crippen LogP contribution >= 0.6 is 11.8 Å². The van der Waals surface area contributed by atoms with Crippen molar-refractivity contribution in [2.45, 2.75) is 10.6 Å². The number of thioether (sulfide) groups is 1. The second kappa shape index (κ2) is 5.87. The summed E-state index contributed by atoms with van der Waals surface area (Å²) in [6.45, 7) is 0. The molecule has 20 heavy (non-hydrogen) atoms. The number of halogens is 2. The van der Waals surface area contributed by atoms with E-state index in [2.05, 4.69) is 0 Å². The zero-order valence-electron chi connectivity index (χ0n) is 10.2. The molecule has 2 N–H and O–H groups in total. The lowest BCUT2D eigenvalue weighted by Crippen LogP contribution is -1.96. The first kappa shape index (κ1) is 14.3.